The molecular formula is C22H22N2O4. The second-order valence-corrected chi connectivity index (χ2v) is 6.60. The van der Waals surface area contributed by atoms with Crippen molar-refractivity contribution in [1.82, 2.24) is 9.97 Å². The van der Waals surface area contributed by atoms with E-state index in [1.54, 1.807) is 13.0 Å². The number of aromatic nitrogens is 2. The molecule has 0 aliphatic carbocycles. The van der Waals surface area contributed by atoms with Gasteiger partial charge >= 0.3 is 12.0 Å². The van der Waals surface area contributed by atoms with Crippen molar-refractivity contribution in [3.8, 4) is 11.9 Å². The first-order valence-corrected chi connectivity index (χ1v) is 8.85. The fourth-order valence-corrected chi connectivity index (χ4v) is 3.23. The minimum absolute atomic E-state index is 0.0395. The van der Waals surface area contributed by atoms with Crippen molar-refractivity contribution in [2.75, 3.05) is 7.11 Å². The summed E-state index contributed by atoms with van der Waals surface area (Å²) in [4.78, 5) is 20.7. The second kappa shape index (κ2) is 8.08. The lowest BCUT2D eigenvalue weighted by atomic mass is 9.72. The number of carboxylic acid groups (broad SMARTS) is 1. The predicted octanol–water partition coefficient (Wildman–Crippen LogP) is 3.63. The molecule has 1 unspecified atom stereocenters. The number of hydrogen-bond donors (Lipinski definition) is 1. The van der Waals surface area contributed by atoms with Crippen LogP contribution < -0.4 is 9.47 Å². The monoisotopic (exact) mass is 378 g/mol. The van der Waals surface area contributed by atoms with Crippen LogP contribution >= 0.6 is 0 Å². The molecule has 2 aromatic carbocycles. The Balaban J connectivity index is 2.13. The normalized spacial score (nSPS) is 12.2. The van der Waals surface area contributed by atoms with Crippen LogP contribution in [0.1, 0.15) is 23.7 Å². The molecule has 3 rings (SSSR count). The summed E-state index contributed by atoms with van der Waals surface area (Å²) in [6.45, 7) is 3.61. The van der Waals surface area contributed by atoms with Crippen LogP contribution in [0, 0.1) is 6.92 Å². The lowest BCUT2D eigenvalue weighted by molar-refractivity contribution is -0.148. The van der Waals surface area contributed by atoms with Gasteiger partial charge in [0.05, 0.1) is 12.5 Å². The molecule has 0 saturated heterocycles. The first kappa shape index (κ1) is 19.4. The molecule has 0 aliphatic rings. The number of carboxylic acids is 1. The van der Waals surface area contributed by atoms with Crippen LogP contribution in [-0.2, 0) is 10.2 Å². The summed E-state index contributed by atoms with van der Waals surface area (Å²) >= 11 is 0. The van der Waals surface area contributed by atoms with Crippen LogP contribution in [0.15, 0.2) is 66.7 Å². The molecule has 3 aromatic rings. The molecule has 1 aromatic heterocycles. The van der Waals surface area contributed by atoms with E-state index in [4.69, 9.17) is 9.47 Å². The van der Waals surface area contributed by atoms with Gasteiger partial charge in [0.15, 0.2) is 0 Å². The molecule has 0 radical (unpaired) electrons. The molecule has 0 aliphatic heterocycles. The topological polar surface area (TPSA) is 81.5 Å². The molecule has 0 fully saturated rings. The predicted molar refractivity (Wildman–Crippen MR) is 105 cm³/mol. The summed E-state index contributed by atoms with van der Waals surface area (Å²) < 4.78 is 11.0. The third-order valence-electron chi connectivity index (χ3n) is 4.74. The van der Waals surface area contributed by atoms with Gasteiger partial charge in [-0.25, -0.2) is 9.78 Å². The summed E-state index contributed by atoms with van der Waals surface area (Å²) in [5.41, 5.74) is 1.27. The zero-order valence-electron chi connectivity index (χ0n) is 16.0. The van der Waals surface area contributed by atoms with Crippen molar-refractivity contribution in [1.29, 1.82) is 0 Å². The average Bonchev–Trinajstić information content (AvgIpc) is 2.72. The van der Waals surface area contributed by atoms with Crippen molar-refractivity contribution in [2.45, 2.75) is 25.4 Å². The van der Waals surface area contributed by atoms with Crippen LogP contribution in [0.4, 0.5) is 0 Å². The van der Waals surface area contributed by atoms with Crippen LogP contribution in [-0.4, -0.2) is 34.3 Å². The van der Waals surface area contributed by atoms with Gasteiger partial charge in [-0.3, -0.25) is 0 Å². The fourth-order valence-electron chi connectivity index (χ4n) is 3.23. The smallest absolute Gasteiger partial charge is 0.346 e. The van der Waals surface area contributed by atoms with E-state index in [0.29, 0.717) is 11.6 Å². The van der Waals surface area contributed by atoms with Gasteiger partial charge in [0.25, 0.3) is 0 Å². The first-order valence-electron chi connectivity index (χ1n) is 8.85. The highest BCUT2D eigenvalue weighted by molar-refractivity contribution is 5.76. The van der Waals surface area contributed by atoms with Crippen LogP contribution in [0.25, 0.3) is 0 Å². The molecule has 28 heavy (non-hydrogen) atoms. The van der Waals surface area contributed by atoms with Gasteiger partial charge in [0.2, 0.25) is 12.0 Å². The fraction of sp³-hybridized carbons (Fsp3) is 0.227. The molecular weight excluding hydrogens is 356 g/mol. The van der Waals surface area contributed by atoms with E-state index >= 15 is 0 Å². The number of aryl methyl sites for hydroxylation is 1. The highest BCUT2D eigenvalue weighted by atomic mass is 16.5. The molecule has 1 N–H and O–H groups in total. The zero-order valence-corrected chi connectivity index (χ0v) is 16.0. The number of methoxy groups -OCH3 is 1. The van der Waals surface area contributed by atoms with E-state index in [1.807, 2.05) is 67.6 Å². The van der Waals surface area contributed by atoms with Crippen molar-refractivity contribution >= 4 is 5.97 Å². The lowest BCUT2D eigenvalue weighted by Crippen LogP contribution is -2.47. The molecule has 144 valence electrons. The number of aliphatic carboxylic acids is 1. The maximum absolute atomic E-state index is 12.3. The van der Waals surface area contributed by atoms with Crippen LogP contribution in [0.3, 0.4) is 0 Å². The van der Waals surface area contributed by atoms with Gasteiger partial charge in [-0.15, -0.1) is 0 Å². The maximum atomic E-state index is 12.3. The van der Waals surface area contributed by atoms with Gasteiger partial charge in [-0.1, -0.05) is 60.7 Å². The molecule has 0 spiro atoms. The first-order chi connectivity index (χ1) is 13.4. The Labute approximate surface area is 163 Å². The highest BCUT2D eigenvalue weighted by Gasteiger charge is 2.45. The molecule has 1 heterocycles. The largest absolute Gasteiger partial charge is 0.481 e. The lowest BCUT2D eigenvalue weighted by Gasteiger charge is -2.35. The Bertz CT molecular complexity index is 906. The standard InChI is InChI=1S/C22H22N2O4/c1-15-14-18(27-3)24-21(23-15)28-19(20(25)26)22(2,16-10-6-4-7-11-16)17-12-8-5-9-13-17/h4-14,19H,1-3H3,(H,25,26). The quantitative estimate of drug-likeness (QED) is 0.676. The zero-order chi connectivity index (χ0) is 20.1. The summed E-state index contributed by atoms with van der Waals surface area (Å²) in [5.74, 6) is -0.799. The summed E-state index contributed by atoms with van der Waals surface area (Å²) in [7, 11) is 1.48. The number of carbonyl (C=O) groups is 1. The number of rotatable bonds is 7. The number of benzene rings is 2. The summed E-state index contributed by atoms with van der Waals surface area (Å²) in [6, 6.07) is 20.5. The number of hydrogen-bond acceptors (Lipinski definition) is 5. The Morgan fingerprint density at radius 2 is 1.54 bits per heavy atom. The third kappa shape index (κ3) is 3.81. The minimum atomic E-state index is -1.26. The van der Waals surface area contributed by atoms with E-state index in [9.17, 15) is 9.90 Å². The van der Waals surface area contributed by atoms with E-state index in [2.05, 4.69) is 9.97 Å². The molecule has 0 bridgehead atoms. The Kier molecular flexibility index (Phi) is 5.59. The van der Waals surface area contributed by atoms with Crippen molar-refractivity contribution in [2.24, 2.45) is 0 Å². The van der Waals surface area contributed by atoms with E-state index in [-0.39, 0.29) is 6.01 Å². The van der Waals surface area contributed by atoms with E-state index < -0.39 is 17.5 Å². The Morgan fingerprint density at radius 1 is 1.00 bits per heavy atom. The molecule has 1 atom stereocenters. The second-order valence-electron chi connectivity index (χ2n) is 6.60. The van der Waals surface area contributed by atoms with Crippen molar-refractivity contribution in [3.63, 3.8) is 0 Å². The number of ether oxygens (including phenoxy) is 2. The highest BCUT2D eigenvalue weighted by Crippen LogP contribution is 2.37. The van der Waals surface area contributed by atoms with E-state index in [0.717, 1.165) is 11.1 Å². The molecule has 6 nitrogen and oxygen atoms in total. The van der Waals surface area contributed by atoms with E-state index in [1.165, 1.54) is 7.11 Å². The van der Waals surface area contributed by atoms with Crippen LogP contribution in [0.5, 0.6) is 11.9 Å². The van der Waals surface area contributed by atoms with Gasteiger partial charge < -0.3 is 14.6 Å². The van der Waals surface area contributed by atoms with Gasteiger partial charge in [0.1, 0.15) is 0 Å². The van der Waals surface area contributed by atoms with Gasteiger partial charge in [-0.05, 0) is 25.0 Å². The van der Waals surface area contributed by atoms with Crippen molar-refractivity contribution in [3.05, 3.63) is 83.6 Å². The summed E-state index contributed by atoms with van der Waals surface area (Å²) in [6.07, 6.45) is -1.26. The Hall–Kier alpha value is -3.41. The van der Waals surface area contributed by atoms with Gasteiger partial charge in [0, 0.05) is 11.8 Å². The molecule has 6 heteroatoms. The van der Waals surface area contributed by atoms with Gasteiger partial charge in [-0.2, -0.15) is 4.98 Å². The molecule has 0 saturated carbocycles. The third-order valence-corrected chi connectivity index (χ3v) is 4.74. The average molecular weight is 378 g/mol. The SMILES string of the molecule is COc1cc(C)nc(OC(C(=O)O)C(C)(c2ccccc2)c2ccccc2)n1. The number of nitrogens with zero attached hydrogens (tertiary/aromatic N) is 2. The summed E-state index contributed by atoms with van der Waals surface area (Å²) in [5, 5.41) is 10.1. The van der Waals surface area contributed by atoms with Crippen molar-refractivity contribution < 1.29 is 19.4 Å². The molecule has 0 amide bonds. The van der Waals surface area contributed by atoms with Crippen LogP contribution in [0.2, 0.25) is 0 Å². The minimum Gasteiger partial charge on any atom is -0.481 e. The maximum Gasteiger partial charge on any atom is 0.346 e. The Morgan fingerprint density at radius 3 is 2.00 bits per heavy atom.